The molecule has 0 amide bonds. The summed E-state index contributed by atoms with van der Waals surface area (Å²) in [5.41, 5.74) is 6.11. The molecule has 4 nitrogen and oxygen atoms in total. The van der Waals surface area contributed by atoms with E-state index in [1.807, 2.05) is 12.1 Å². The van der Waals surface area contributed by atoms with Gasteiger partial charge in [0.15, 0.2) is 0 Å². The summed E-state index contributed by atoms with van der Waals surface area (Å²) in [6, 6.07) is 21.7. The molecule has 31 heavy (non-hydrogen) atoms. The number of imidazole rings is 1. The summed E-state index contributed by atoms with van der Waals surface area (Å²) in [5, 5.41) is 0. The maximum absolute atomic E-state index is 13.4. The number of benzene rings is 3. The Kier molecular flexibility index (Phi) is 5.30. The third kappa shape index (κ3) is 4.38. The predicted octanol–water partition coefficient (Wildman–Crippen LogP) is 5.65. The normalized spacial score (nSPS) is 19.7. The Morgan fingerprint density at radius 2 is 1.52 bits per heavy atom. The van der Waals surface area contributed by atoms with Crippen molar-refractivity contribution in [3.63, 3.8) is 0 Å². The molecule has 1 aliphatic heterocycles. The second kappa shape index (κ2) is 8.25. The average Bonchev–Trinajstić information content (AvgIpc) is 3.17. The van der Waals surface area contributed by atoms with Crippen LogP contribution in [0.3, 0.4) is 0 Å². The first-order chi connectivity index (χ1) is 15.0. The van der Waals surface area contributed by atoms with Gasteiger partial charge in [-0.15, -0.1) is 0 Å². The largest absolute Gasteiger partial charge is 0.373 e. The summed E-state index contributed by atoms with van der Waals surface area (Å²) < 4.78 is 19.3. The van der Waals surface area contributed by atoms with Gasteiger partial charge in [0.1, 0.15) is 11.6 Å². The van der Waals surface area contributed by atoms with Crippen molar-refractivity contribution >= 4 is 11.0 Å². The molecule has 4 aromatic rings. The van der Waals surface area contributed by atoms with E-state index in [0.29, 0.717) is 5.52 Å². The number of hydrogen-bond acceptors (Lipinski definition) is 3. The standard InChI is InChI=1S/C26H26FN3O/c1-17-14-30(15-18(2)31-17)16-19-3-5-20(6-4-19)21-7-9-22(10-8-21)26-28-24-12-11-23(27)13-25(24)29-26/h3-13,17-18H,14-16H2,1-2H3,(H,28,29). The third-order valence-corrected chi connectivity index (χ3v) is 5.79. The molecule has 1 saturated heterocycles. The lowest BCUT2D eigenvalue weighted by Crippen LogP contribution is -2.44. The van der Waals surface area contributed by atoms with Crippen LogP contribution in [0.4, 0.5) is 4.39 Å². The number of halogens is 1. The van der Waals surface area contributed by atoms with Crippen molar-refractivity contribution in [2.24, 2.45) is 0 Å². The Morgan fingerprint density at radius 1 is 0.903 bits per heavy atom. The van der Waals surface area contributed by atoms with Crippen LogP contribution in [-0.4, -0.2) is 40.2 Å². The zero-order valence-electron chi connectivity index (χ0n) is 17.8. The second-order valence-corrected chi connectivity index (χ2v) is 8.47. The number of ether oxygens (including phenoxy) is 1. The average molecular weight is 416 g/mol. The topological polar surface area (TPSA) is 41.2 Å². The number of nitrogens with zero attached hydrogens (tertiary/aromatic N) is 2. The molecule has 5 rings (SSSR count). The Labute approximate surface area is 181 Å². The smallest absolute Gasteiger partial charge is 0.138 e. The highest BCUT2D eigenvalue weighted by Crippen LogP contribution is 2.26. The number of nitrogens with one attached hydrogen (secondary N) is 1. The summed E-state index contributed by atoms with van der Waals surface area (Å²) in [6.07, 6.45) is 0.569. The van der Waals surface area contributed by atoms with Gasteiger partial charge in [-0.25, -0.2) is 9.37 Å². The van der Waals surface area contributed by atoms with Crippen molar-refractivity contribution < 1.29 is 9.13 Å². The van der Waals surface area contributed by atoms with E-state index in [1.165, 1.54) is 23.3 Å². The molecule has 1 aliphatic rings. The molecular weight excluding hydrogens is 389 g/mol. The minimum atomic E-state index is -0.265. The van der Waals surface area contributed by atoms with Crippen LogP contribution in [0.1, 0.15) is 19.4 Å². The van der Waals surface area contributed by atoms with Gasteiger partial charge in [0.05, 0.1) is 23.2 Å². The van der Waals surface area contributed by atoms with Crippen LogP contribution in [0.5, 0.6) is 0 Å². The van der Waals surface area contributed by atoms with E-state index in [1.54, 1.807) is 6.07 Å². The van der Waals surface area contributed by atoms with Crippen LogP contribution < -0.4 is 0 Å². The number of H-pyrrole nitrogens is 1. The maximum Gasteiger partial charge on any atom is 0.138 e. The molecule has 2 unspecified atom stereocenters. The first kappa shape index (κ1) is 19.9. The molecule has 0 bridgehead atoms. The number of aromatic amines is 1. The van der Waals surface area contributed by atoms with Crippen molar-refractivity contribution in [2.75, 3.05) is 13.1 Å². The van der Waals surface area contributed by atoms with Gasteiger partial charge in [0.2, 0.25) is 0 Å². The molecule has 3 aromatic carbocycles. The van der Waals surface area contributed by atoms with E-state index in [4.69, 9.17) is 4.74 Å². The van der Waals surface area contributed by atoms with E-state index in [0.717, 1.165) is 42.1 Å². The summed E-state index contributed by atoms with van der Waals surface area (Å²) >= 11 is 0. The van der Waals surface area contributed by atoms with Gasteiger partial charge in [-0.2, -0.15) is 0 Å². The number of fused-ring (bicyclic) bond motifs is 1. The van der Waals surface area contributed by atoms with Crippen LogP contribution in [0, 0.1) is 5.82 Å². The van der Waals surface area contributed by atoms with E-state index in [9.17, 15) is 4.39 Å². The molecule has 2 atom stereocenters. The molecule has 1 fully saturated rings. The van der Waals surface area contributed by atoms with Crippen molar-refractivity contribution in [1.29, 1.82) is 0 Å². The minimum absolute atomic E-state index is 0.265. The van der Waals surface area contributed by atoms with Crippen molar-refractivity contribution in [2.45, 2.75) is 32.6 Å². The fraction of sp³-hybridized carbons (Fsp3) is 0.269. The van der Waals surface area contributed by atoms with Crippen molar-refractivity contribution in [3.05, 3.63) is 78.1 Å². The van der Waals surface area contributed by atoms with Crippen LogP contribution in [-0.2, 0) is 11.3 Å². The summed E-state index contributed by atoms with van der Waals surface area (Å²) in [6.45, 7) is 7.17. The number of morpholine rings is 1. The van der Waals surface area contributed by atoms with Crippen LogP contribution >= 0.6 is 0 Å². The number of aromatic nitrogens is 2. The van der Waals surface area contributed by atoms with E-state index in [2.05, 4.69) is 65.1 Å². The van der Waals surface area contributed by atoms with Gasteiger partial charge >= 0.3 is 0 Å². The lowest BCUT2D eigenvalue weighted by molar-refractivity contribution is -0.0704. The monoisotopic (exact) mass is 415 g/mol. The fourth-order valence-electron chi connectivity index (χ4n) is 4.41. The van der Waals surface area contributed by atoms with Gasteiger partial charge in [-0.1, -0.05) is 48.5 Å². The van der Waals surface area contributed by atoms with E-state index < -0.39 is 0 Å². The summed E-state index contributed by atoms with van der Waals surface area (Å²) in [4.78, 5) is 10.2. The van der Waals surface area contributed by atoms with Gasteiger partial charge in [0, 0.05) is 25.2 Å². The predicted molar refractivity (Wildman–Crippen MR) is 122 cm³/mol. The van der Waals surface area contributed by atoms with Crippen LogP contribution in [0.2, 0.25) is 0 Å². The molecule has 0 saturated carbocycles. The van der Waals surface area contributed by atoms with Crippen molar-refractivity contribution in [1.82, 2.24) is 14.9 Å². The van der Waals surface area contributed by atoms with Crippen molar-refractivity contribution in [3.8, 4) is 22.5 Å². The fourth-order valence-corrected chi connectivity index (χ4v) is 4.41. The minimum Gasteiger partial charge on any atom is -0.373 e. The number of rotatable bonds is 4. The van der Waals surface area contributed by atoms with Crippen LogP contribution in [0.15, 0.2) is 66.7 Å². The van der Waals surface area contributed by atoms with E-state index in [-0.39, 0.29) is 18.0 Å². The molecule has 1 aromatic heterocycles. The molecule has 158 valence electrons. The quantitative estimate of drug-likeness (QED) is 0.469. The molecule has 0 radical (unpaired) electrons. The van der Waals surface area contributed by atoms with Gasteiger partial charge in [-0.05, 0) is 48.7 Å². The Morgan fingerprint density at radius 3 is 2.19 bits per heavy atom. The Hall–Kier alpha value is -3.02. The highest BCUT2D eigenvalue weighted by atomic mass is 19.1. The first-order valence-corrected chi connectivity index (χ1v) is 10.8. The lowest BCUT2D eigenvalue weighted by atomic mass is 10.0. The Bertz CT molecular complexity index is 1170. The SMILES string of the molecule is CC1CN(Cc2ccc(-c3ccc(-c4nc5ccc(F)cc5[nH]4)cc3)cc2)CC(C)O1. The first-order valence-electron chi connectivity index (χ1n) is 10.8. The molecule has 0 spiro atoms. The highest BCUT2D eigenvalue weighted by Gasteiger charge is 2.21. The number of hydrogen-bond donors (Lipinski definition) is 1. The van der Waals surface area contributed by atoms with Gasteiger partial charge in [-0.3, -0.25) is 4.90 Å². The zero-order valence-corrected chi connectivity index (χ0v) is 17.8. The molecule has 1 N–H and O–H groups in total. The zero-order chi connectivity index (χ0) is 21.4. The van der Waals surface area contributed by atoms with Gasteiger partial charge in [0.25, 0.3) is 0 Å². The maximum atomic E-state index is 13.4. The van der Waals surface area contributed by atoms with Crippen LogP contribution in [0.25, 0.3) is 33.5 Å². The highest BCUT2D eigenvalue weighted by molar-refractivity contribution is 5.80. The molecular formula is C26H26FN3O. The second-order valence-electron chi connectivity index (χ2n) is 8.47. The van der Waals surface area contributed by atoms with E-state index >= 15 is 0 Å². The summed E-state index contributed by atoms with van der Waals surface area (Å²) in [5.74, 6) is 0.482. The third-order valence-electron chi connectivity index (χ3n) is 5.79. The molecule has 2 heterocycles. The lowest BCUT2D eigenvalue weighted by Gasteiger charge is -2.35. The molecule has 0 aliphatic carbocycles. The Balaban J connectivity index is 1.30. The van der Waals surface area contributed by atoms with Gasteiger partial charge < -0.3 is 9.72 Å². The summed E-state index contributed by atoms with van der Waals surface area (Å²) in [7, 11) is 0. The molecule has 5 heteroatoms.